The average Bonchev–Trinajstić information content (AvgIpc) is 3.51. The van der Waals surface area contributed by atoms with Crippen molar-refractivity contribution in [1.29, 1.82) is 5.26 Å². The Hall–Kier alpha value is -6.10. The summed E-state index contributed by atoms with van der Waals surface area (Å²) in [5, 5.41) is 34.2. The maximum atomic E-state index is 13.2. The van der Waals surface area contributed by atoms with Crippen LogP contribution in [0.4, 0.5) is 18.9 Å². The Morgan fingerprint density at radius 1 is 1.11 bits per heavy atom. The van der Waals surface area contributed by atoms with E-state index in [1.54, 1.807) is 59.5 Å². The second kappa shape index (κ2) is 13.3. The molecule has 1 atom stereocenters. The van der Waals surface area contributed by atoms with Crippen LogP contribution in [0.3, 0.4) is 0 Å². The number of carboxylic acid groups (broad SMARTS) is 2. The predicted molar refractivity (Wildman–Crippen MR) is 160 cm³/mol. The van der Waals surface area contributed by atoms with E-state index < -0.39 is 18.1 Å². The topological polar surface area (TPSA) is 168 Å². The Kier molecular flexibility index (Phi) is 9.46. The van der Waals surface area contributed by atoms with Gasteiger partial charge in [-0.2, -0.15) is 23.5 Å². The van der Waals surface area contributed by atoms with Gasteiger partial charge in [0.25, 0.3) is 0 Å². The summed E-state index contributed by atoms with van der Waals surface area (Å²) in [7, 11) is 1.50. The first-order valence-corrected chi connectivity index (χ1v) is 13.3. The van der Waals surface area contributed by atoms with Crippen LogP contribution in [0, 0.1) is 18.3 Å². The van der Waals surface area contributed by atoms with Crippen LogP contribution in [0.1, 0.15) is 40.0 Å². The highest BCUT2D eigenvalue weighted by Gasteiger charge is 2.38. The first-order valence-electron chi connectivity index (χ1n) is 13.3. The number of halogens is 3. The van der Waals surface area contributed by atoms with Gasteiger partial charge >= 0.3 is 18.1 Å². The SMILES string of the molecule is COc1ccc(-n2cc(-c3cc(=O)c4cc(C)cc(C(C)Nc5ccccc5C(=O)O)c4o3)cn2)cc1C#N.O=C(O)C(F)(F)F. The molecule has 1 unspecified atom stereocenters. The van der Waals surface area contributed by atoms with Crippen molar-refractivity contribution in [2.75, 3.05) is 12.4 Å². The molecule has 2 heterocycles. The molecule has 236 valence electrons. The molecule has 0 radical (unpaired) electrons. The standard InChI is InChI=1S/C30H24N4O5.C2HF3O2/c1-17-10-23(18(2)33-25-7-5-4-6-22(25)30(36)37)29-24(11-17)26(35)13-28(39-29)20-15-32-34(16-20)21-8-9-27(38-3)19(12-21)14-31;3-2(4,5)1(6)7/h4-13,15-16,18,33H,1-3H3,(H,36,37);(H,6,7). The van der Waals surface area contributed by atoms with E-state index >= 15 is 0 Å². The first kappa shape index (κ1) is 32.8. The number of carbonyl (C=O) groups is 2. The number of hydrogen-bond donors (Lipinski definition) is 3. The van der Waals surface area contributed by atoms with Crippen LogP contribution in [0.2, 0.25) is 0 Å². The largest absolute Gasteiger partial charge is 0.495 e. The van der Waals surface area contributed by atoms with Crippen molar-refractivity contribution in [3.8, 4) is 28.8 Å². The van der Waals surface area contributed by atoms with E-state index in [0.717, 1.165) is 5.56 Å². The summed E-state index contributed by atoms with van der Waals surface area (Å²) >= 11 is 0. The minimum atomic E-state index is -5.08. The van der Waals surface area contributed by atoms with E-state index in [2.05, 4.69) is 16.5 Å². The van der Waals surface area contributed by atoms with Crippen LogP contribution >= 0.6 is 0 Å². The van der Waals surface area contributed by atoms with Gasteiger partial charge in [-0.25, -0.2) is 14.3 Å². The molecule has 0 saturated carbocycles. The van der Waals surface area contributed by atoms with E-state index in [1.807, 2.05) is 19.9 Å². The zero-order valence-electron chi connectivity index (χ0n) is 24.4. The molecule has 0 aliphatic carbocycles. The fourth-order valence-corrected chi connectivity index (χ4v) is 4.52. The minimum Gasteiger partial charge on any atom is -0.495 e. The van der Waals surface area contributed by atoms with Gasteiger partial charge in [0, 0.05) is 23.5 Å². The van der Waals surface area contributed by atoms with Crippen LogP contribution in [0.15, 0.2) is 82.3 Å². The summed E-state index contributed by atoms with van der Waals surface area (Å²) in [5.41, 5.74) is 3.98. The number of ether oxygens (including phenoxy) is 1. The van der Waals surface area contributed by atoms with Gasteiger partial charge in [-0.3, -0.25) is 4.79 Å². The van der Waals surface area contributed by atoms with Gasteiger partial charge in [-0.15, -0.1) is 0 Å². The first-order chi connectivity index (χ1) is 21.7. The number of aliphatic carboxylic acids is 1. The number of rotatable bonds is 7. The smallest absolute Gasteiger partial charge is 0.490 e. The minimum absolute atomic E-state index is 0.147. The molecule has 0 amide bonds. The van der Waals surface area contributed by atoms with Gasteiger partial charge < -0.3 is 24.7 Å². The van der Waals surface area contributed by atoms with Gasteiger partial charge in [0.15, 0.2) is 5.43 Å². The number of benzene rings is 3. The molecule has 5 aromatic rings. The predicted octanol–water partition coefficient (Wildman–Crippen LogP) is 6.34. The quantitative estimate of drug-likeness (QED) is 0.184. The molecule has 0 fully saturated rings. The molecule has 0 aliphatic heterocycles. The number of fused-ring (bicyclic) bond motifs is 1. The lowest BCUT2D eigenvalue weighted by Gasteiger charge is -2.19. The number of nitrogens with zero attached hydrogens (tertiary/aromatic N) is 3. The zero-order chi connectivity index (χ0) is 33.8. The van der Waals surface area contributed by atoms with Crippen molar-refractivity contribution in [3.05, 3.63) is 106 Å². The lowest BCUT2D eigenvalue weighted by Crippen LogP contribution is -2.21. The van der Waals surface area contributed by atoms with Crippen molar-refractivity contribution in [2.24, 2.45) is 0 Å². The van der Waals surface area contributed by atoms with Crippen LogP contribution in [-0.4, -0.2) is 45.2 Å². The Bertz CT molecular complexity index is 2040. The summed E-state index contributed by atoms with van der Waals surface area (Å²) in [5.74, 6) is -3.00. The van der Waals surface area contributed by atoms with Gasteiger partial charge in [-0.05, 0) is 55.8 Å². The number of aryl methyl sites for hydroxylation is 1. The van der Waals surface area contributed by atoms with Crippen molar-refractivity contribution >= 4 is 28.6 Å². The van der Waals surface area contributed by atoms with Gasteiger partial charge in [0.2, 0.25) is 0 Å². The van der Waals surface area contributed by atoms with Crippen molar-refractivity contribution < 1.29 is 42.1 Å². The third-order valence-electron chi connectivity index (χ3n) is 6.68. The van der Waals surface area contributed by atoms with E-state index in [0.29, 0.717) is 50.5 Å². The van der Waals surface area contributed by atoms with Gasteiger partial charge in [-0.1, -0.05) is 18.2 Å². The van der Waals surface area contributed by atoms with E-state index in [9.17, 15) is 33.1 Å². The average molecular weight is 635 g/mol. The zero-order valence-corrected chi connectivity index (χ0v) is 24.4. The van der Waals surface area contributed by atoms with Gasteiger partial charge in [0.1, 0.15) is 23.2 Å². The third-order valence-corrected chi connectivity index (χ3v) is 6.68. The van der Waals surface area contributed by atoms with E-state index in [1.165, 1.54) is 19.2 Å². The van der Waals surface area contributed by atoms with Crippen LogP contribution in [-0.2, 0) is 4.79 Å². The highest BCUT2D eigenvalue weighted by molar-refractivity contribution is 5.94. The number of nitriles is 1. The Morgan fingerprint density at radius 2 is 1.80 bits per heavy atom. The molecule has 11 nitrogen and oxygen atoms in total. The Balaban J connectivity index is 0.000000617. The van der Waals surface area contributed by atoms with Crippen LogP contribution in [0.5, 0.6) is 5.75 Å². The monoisotopic (exact) mass is 634 g/mol. The molecular weight excluding hydrogens is 609 g/mol. The van der Waals surface area contributed by atoms with Crippen molar-refractivity contribution in [2.45, 2.75) is 26.1 Å². The number of nitrogens with one attached hydrogen (secondary N) is 1. The number of alkyl halides is 3. The normalized spacial score (nSPS) is 11.6. The number of carboxylic acids is 2. The lowest BCUT2D eigenvalue weighted by atomic mass is 10.0. The van der Waals surface area contributed by atoms with Crippen LogP contribution < -0.4 is 15.5 Å². The maximum Gasteiger partial charge on any atom is 0.490 e. The third kappa shape index (κ3) is 7.16. The maximum absolute atomic E-state index is 13.2. The molecule has 14 heteroatoms. The lowest BCUT2D eigenvalue weighted by molar-refractivity contribution is -0.192. The fraction of sp³-hybridized carbons (Fsp3) is 0.156. The second-order valence-corrected chi connectivity index (χ2v) is 9.90. The number of methoxy groups -OCH3 is 1. The number of aromatic nitrogens is 2. The summed E-state index contributed by atoms with van der Waals surface area (Å²) in [6.45, 7) is 3.77. The molecule has 0 spiro atoms. The fourth-order valence-electron chi connectivity index (χ4n) is 4.52. The highest BCUT2D eigenvalue weighted by atomic mass is 19.4. The summed E-state index contributed by atoms with van der Waals surface area (Å²) in [6.07, 6.45) is -1.79. The summed E-state index contributed by atoms with van der Waals surface area (Å²) in [6, 6.07) is 18.6. The number of anilines is 1. The molecule has 5 rings (SSSR count). The van der Waals surface area contributed by atoms with Crippen molar-refractivity contribution in [1.82, 2.24) is 9.78 Å². The Labute approximate surface area is 258 Å². The number of hydrogen-bond acceptors (Lipinski definition) is 8. The molecule has 3 aromatic carbocycles. The summed E-state index contributed by atoms with van der Waals surface area (Å²) < 4.78 is 44.8. The molecule has 3 N–H and O–H groups in total. The van der Waals surface area contributed by atoms with E-state index in [4.69, 9.17) is 19.1 Å². The highest BCUT2D eigenvalue weighted by Crippen LogP contribution is 2.32. The molecular formula is C32H25F3N4O7. The van der Waals surface area contributed by atoms with Crippen LogP contribution in [0.25, 0.3) is 28.0 Å². The molecule has 0 bridgehead atoms. The summed E-state index contributed by atoms with van der Waals surface area (Å²) in [4.78, 5) is 33.8. The van der Waals surface area contributed by atoms with Crippen molar-refractivity contribution in [3.63, 3.8) is 0 Å². The number of aromatic carboxylic acids is 1. The number of para-hydroxylation sites is 1. The van der Waals surface area contributed by atoms with E-state index in [-0.39, 0.29) is 17.0 Å². The second-order valence-electron chi connectivity index (χ2n) is 9.90. The molecule has 0 aliphatic rings. The Morgan fingerprint density at radius 3 is 2.43 bits per heavy atom. The van der Waals surface area contributed by atoms with Gasteiger partial charge in [0.05, 0.1) is 47.1 Å². The molecule has 2 aromatic heterocycles. The molecule has 0 saturated heterocycles. The molecule has 46 heavy (non-hydrogen) atoms.